The number of carbonyl (C=O) groups excluding carboxylic acids is 2. The predicted molar refractivity (Wildman–Crippen MR) is 62.1 cm³/mol. The van der Waals surface area contributed by atoms with Crippen molar-refractivity contribution in [2.45, 2.75) is 11.8 Å². The molecule has 5 heteroatoms. The lowest BCUT2D eigenvalue weighted by Gasteiger charge is -2.29. The fourth-order valence-electron chi connectivity index (χ4n) is 1.48. The van der Waals surface area contributed by atoms with Gasteiger partial charge in [0.2, 0.25) is 0 Å². The van der Waals surface area contributed by atoms with E-state index in [4.69, 9.17) is 4.74 Å². The molecule has 0 amide bonds. The lowest BCUT2D eigenvalue weighted by atomic mass is 9.81. The summed E-state index contributed by atoms with van der Waals surface area (Å²) in [5.74, 6) is -0.870. The Kier molecular flexibility index (Phi) is 3.91. The van der Waals surface area contributed by atoms with Crippen LogP contribution >= 0.6 is 15.9 Å². The van der Waals surface area contributed by atoms with Crippen molar-refractivity contribution in [2.24, 2.45) is 5.41 Å². The summed E-state index contributed by atoms with van der Waals surface area (Å²) >= 11 is 3.37. The first-order valence-electron chi connectivity index (χ1n) is 4.67. The van der Waals surface area contributed by atoms with Crippen LogP contribution in [0.25, 0.3) is 0 Å². The molecule has 1 rings (SSSR count). The summed E-state index contributed by atoms with van der Waals surface area (Å²) in [7, 11) is 2.62. The Labute approximate surface area is 102 Å². The first-order chi connectivity index (χ1) is 7.45. The molecule has 0 N–H and O–H groups in total. The van der Waals surface area contributed by atoms with E-state index in [-0.39, 0.29) is 4.83 Å². The fourth-order valence-corrected chi connectivity index (χ4v) is 1.95. The summed E-state index contributed by atoms with van der Waals surface area (Å²) in [6.45, 7) is 1.70. The Bertz CT molecular complexity index is 372. The van der Waals surface area contributed by atoms with Gasteiger partial charge in [0, 0.05) is 0 Å². The molecule has 2 unspecified atom stereocenters. The summed E-state index contributed by atoms with van der Waals surface area (Å²) in [4.78, 5) is 22.8. The van der Waals surface area contributed by atoms with Crippen molar-refractivity contribution in [3.8, 4) is 0 Å². The predicted octanol–water partition coefficient (Wildman–Crippen LogP) is 1.60. The number of carbonyl (C=O) groups is 2. The van der Waals surface area contributed by atoms with Crippen molar-refractivity contribution in [1.82, 2.24) is 0 Å². The van der Waals surface area contributed by atoms with Crippen LogP contribution in [-0.4, -0.2) is 31.0 Å². The number of ether oxygens (including phenoxy) is 2. The van der Waals surface area contributed by atoms with Gasteiger partial charge in [-0.25, -0.2) is 4.79 Å². The molecule has 0 spiro atoms. The summed E-state index contributed by atoms with van der Waals surface area (Å²) in [5.41, 5.74) is -0.543. The molecule has 0 saturated heterocycles. The van der Waals surface area contributed by atoms with Gasteiger partial charge in [-0.05, 0) is 6.92 Å². The topological polar surface area (TPSA) is 52.6 Å². The highest BCUT2D eigenvalue weighted by Gasteiger charge is 2.41. The Hall–Kier alpha value is -1.10. The number of hydrogen-bond donors (Lipinski definition) is 0. The first kappa shape index (κ1) is 13.0. The van der Waals surface area contributed by atoms with Crippen molar-refractivity contribution < 1.29 is 19.1 Å². The highest BCUT2D eigenvalue weighted by atomic mass is 79.9. The minimum absolute atomic E-state index is 0.208. The van der Waals surface area contributed by atoms with E-state index in [2.05, 4.69) is 20.7 Å². The molecule has 16 heavy (non-hydrogen) atoms. The molecular formula is C11H13BrO4. The van der Waals surface area contributed by atoms with Crippen LogP contribution in [-0.2, 0) is 19.1 Å². The van der Waals surface area contributed by atoms with Crippen LogP contribution in [0.15, 0.2) is 23.8 Å². The number of allylic oxidation sites excluding steroid dienone is 1. The van der Waals surface area contributed by atoms with Gasteiger partial charge in [0.1, 0.15) is 5.41 Å². The number of hydrogen-bond acceptors (Lipinski definition) is 4. The molecule has 0 saturated carbocycles. The number of methoxy groups -OCH3 is 2. The number of esters is 2. The maximum Gasteiger partial charge on any atom is 0.337 e. The average molecular weight is 289 g/mol. The molecule has 1 aliphatic rings. The quantitative estimate of drug-likeness (QED) is 0.572. The smallest absolute Gasteiger partial charge is 0.337 e. The molecule has 0 aromatic rings. The second-order valence-electron chi connectivity index (χ2n) is 3.63. The Morgan fingerprint density at radius 1 is 1.38 bits per heavy atom. The van der Waals surface area contributed by atoms with E-state index in [9.17, 15) is 9.59 Å². The molecular weight excluding hydrogens is 276 g/mol. The second-order valence-corrected chi connectivity index (χ2v) is 4.61. The van der Waals surface area contributed by atoms with E-state index in [1.165, 1.54) is 14.2 Å². The summed E-state index contributed by atoms with van der Waals surface area (Å²) in [6.07, 6.45) is 4.91. The third-order valence-corrected chi connectivity index (χ3v) is 3.78. The summed E-state index contributed by atoms with van der Waals surface area (Å²) < 4.78 is 9.33. The van der Waals surface area contributed by atoms with Crippen molar-refractivity contribution in [3.05, 3.63) is 23.8 Å². The average Bonchev–Trinajstić information content (AvgIpc) is 2.30. The van der Waals surface area contributed by atoms with Gasteiger partial charge in [-0.2, -0.15) is 0 Å². The number of rotatable bonds is 2. The maximum atomic E-state index is 11.7. The van der Waals surface area contributed by atoms with Gasteiger partial charge in [-0.15, -0.1) is 0 Å². The van der Waals surface area contributed by atoms with Crippen LogP contribution in [0, 0.1) is 5.41 Å². The summed E-state index contributed by atoms with van der Waals surface area (Å²) in [6, 6.07) is 0. The van der Waals surface area contributed by atoms with Crippen molar-refractivity contribution >= 4 is 27.9 Å². The minimum Gasteiger partial charge on any atom is -0.468 e. The van der Waals surface area contributed by atoms with Crippen molar-refractivity contribution in [1.29, 1.82) is 0 Å². The van der Waals surface area contributed by atoms with Crippen LogP contribution in [0.2, 0.25) is 0 Å². The van der Waals surface area contributed by atoms with Gasteiger partial charge in [-0.1, -0.05) is 34.2 Å². The zero-order valence-electron chi connectivity index (χ0n) is 9.32. The molecule has 0 bridgehead atoms. The third kappa shape index (κ3) is 2.19. The molecule has 0 radical (unpaired) electrons. The van der Waals surface area contributed by atoms with E-state index in [1.807, 2.05) is 0 Å². The van der Waals surface area contributed by atoms with Gasteiger partial charge >= 0.3 is 11.9 Å². The van der Waals surface area contributed by atoms with Gasteiger partial charge < -0.3 is 9.47 Å². The molecule has 2 atom stereocenters. The van der Waals surface area contributed by atoms with Gasteiger partial charge in [0.25, 0.3) is 0 Å². The van der Waals surface area contributed by atoms with E-state index in [0.29, 0.717) is 5.57 Å². The fraction of sp³-hybridized carbons (Fsp3) is 0.455. The molecule has 0 heterocycles. The zero-order valence-corrected chi connectivity index (χ0v) is 10.9. The van der Waals surface area contributed by atoms with Gasteiger partial charge in [0.15, 0.2) is 0 Å². The van der Waals surface area contributed by atoms with Crippen LogP contribution in [0.5, 0.6) is 0 Å². The first-order valence-corrected chi connectivity index (χ1v) is 5.59. The van der Waals surface area contributed by atoms with Crippen LogP contribution in [0.1, 0.15) is 6.92 Å². The van der Waals surface area contributed by atoms with Gasteiger partial charge in [-0.3, -0.25) is 4.79 Å². The second kappa shape index (κ2) is 4.82. The molecule has 0 aliphatic heterocycles. The number of alkyl halides is 1. The standard InChI is InChI=1S/C11H13BrO4/c1-11(10(14)16-3)6-7(9(13)15-2)4-5-8(11)12/h4-6,8H,1-3H3. The van der Waals surface area contributed by atoms with Gasteiger partial charge in [0.05, 0.1) is 24.6 Å². The van der Waals surface area contributed by atoms with E-state index in [1.54, 1.807) is 25.2 Å². The van der Waals surface area contributed by atoms with Crippen LogP contribution in [0.3, 0.4) is 0 Å². The molecule has 88 valence electrons. The lowest BCUT2D eigenvalue weighted by Crippen LogP contribution is -2.37. The Morgan fingerprint density at radius 3 is 2.50 bits per heavy atom. The molecule has 4 nitrogen and oxygen atoms in total. The minimum atomic E-state index is -0.896. The van der Waals surface area contributed by atoms with Crippen LogP contribution < -0.4 is 0 Å². The van der Waals surface area contributed by atoms with E-state index in [0.717, 1.165) is 0 Å². The summed E-state index contributed by atoms with van der Waals surface area (Å²) in [5, 5.41) is 0. The monoisotopic (exact) mass is 288 g/mol. The largest absolute Gasteiger partial charge is 0.468 e. The molecule has 0 aromatic carbocycles. The van der Waals surface area contributed by atoms with E-state index < -0.39 is 17.4 Å². The Balaban J connectivity index is 3.10. The third-order valence-electron chi connectivity index (χ3n) is 2.52. The van der Waals surface area contributed by atoms with Crippen LogP contribution in [0.4, 0.5) is 0 Å². The Morgan fingerprint density at radius 2 is 2.00 bits per heavy atom. The SMILES string of the molecule is COC(=O)C1=CC(C)(C(=O)OC)C(Br)C=C1. The maximum absolute atomic E-state index is 11.7. The van der Waals surface area contributed by atoms with Crippen molar-refractivity contribution in [2.75, 3.05) is 14.2 Å². The number of halogens is 1. The molecule has 0 aromatic heterocycles. The highest BCUT2D eigenvalue weighted by Crippen LogP contribution is 2.36. The zero-order chi connectivity index (χ0) is 12.3. The molecule has 0 fully saturated rings. The normalized spacial score (nSPS) is 28.2. The highest BCUT2D eigenvalue weighted by molar-refractivity contribution is 9.09. The lowest BCUT2D eigenvalue weighted by molar-refractivity contribution is -0.148. The molecule has 1 aliphatic carbocycles. The van der Waals surface area contributed by atoms with E-state index >= 15 is 0 Å². The van der Waals surface area contributed by atoms with Crippen molar-refractivity contribution in [3.63, 3.8) is 0 Å².